The summed E-state index contributed by atoms with van der Waals surface area (Å²) in [5.41, 5.74) is 1.64. The minimum atomic E-state index is -0.884. The van der Waals surface area contributed by atoms with Crippen LogP contribution in [-0.2, 0) is 0 Å². The monoisotopic (exact) mass is 299 g/mol. The number of rotatable bonds is 9. The lowest BCUT2D eigenvalue weighted by molar-refractivity contribution is 0.491. The molecule has 0 aromatic heterocycles. The molecule has 1 N–H and O–H groups in total. The van der Waals surface area contributed by atoms with E-state index in [2.05, 4.69) is 60.7 Å². The van der Waals surface area contributed by atoms with Gasteiger partial charge in [0.1, 0.15) is 0 Å². The Morgan fingerprint density at radius 3 is 1.84 bits per heavy atom. The summed E-state index contributed by atoms with van der Waals surface area (Å²) in [6.07, 6.45) is 1.21. The Balaban J connectivity index is 4.83. The highest BCUT2D eigenvalue weighted by Crippen LogP contribution is 2.22. The first-order chi connectivity index (χ1) is 8.85. The fraction of sp³-hybridized carbons (Fsp3) is 0.875. The van der Waals surface area contributed by atoms with Crippen molar-refractivity contribution in [2.75, 3.05) is 0 Å². The van der Waals surface area contributed by atoms with Crippen LogP contribution in [-0.4, -0.2) is 28.7 Å². The van der Waals surface area contributed by atoms with Crippen LogP contribution < -0.4 is 5.32 Å². The van der Waals surface area contributed by atoms with Gasteiger partial charge in [-0.1, -0.05) is 56.6 Å². The van der Waals surface area contributed by atoms with Gasteiger partial charge in [0.25, 0.3) is 0 Å². The molecule has 0 saturated carbocycles. The van der Waals surface area contributed by atoms with Gasteiger partial charge in [0.15, 0.2) is 0 Å². The predicted octanol–water partition coefficient (Wildman–Crippen LogP) is 4.23. The van der Waals surface area contributed by atoms with Crippen LogP contribution >= 0.6 is 0 Å². The molecule has 0 amide bonds. The summed E-state index contributed by atoms with van der Waals surface area (Å²) in [6, 6.07) is 5.66. The largest absolute Gasteiger partial charge is 0.308 e. The van der Waals surface area contributed by atoms with Gasteiger partial charge in [0, 0.05) is 28.7 Å². The van der Waals surface area contributed by atoms with Gasteiger partial charge >= 0.3 is 0 Å². The van der Waals surface area contributed by atoms with Crippen molar-refractivity contribution in [1.29, 1.82) is 0 Å². The van der Waals surface area contributed by atoms with Crippen molar-refractivity contribution in [2.45, 2.75) is 92.0 Å². The summed E-state index contributed by atoms with van der Waals surface area (Å²) in [4.78, 5) is 0. The molecule has 0 rings (SSSR count). The van der Waals surface area contributed by atoms with E-state index in [1.54, 1.807) is 10.8 Å². The van der Waals surface area contributed by atoms with Gasteiger partial charge in [-0.3, -0.25) is 0 Å². The topological polar surface area (TPSA) is 12.0 Å². The number of nitrogens with one attached hydrogen (secondary N) is 1. The third kappa shape index (κ3) is 5.96. The fourth-order valence-electron chi connectivity index (χ4n) is 2.87. The lowest BCUT2D eigenvalue weighted by Crippen LogP contribution is -2.42. The predicted molar refractivity (Wildman–Crippen MR) is 96.5 cm³/mol. The average molecular weight is 300 g/mol. The first-order valence-corrected chi connectivity index (χ1v) is 13.9. The molecular weight excluding hydrogens is 262 g/mol. The van der Waals surface area contributed by atoms with Crippen LogP contribution in [0.4, 0.5) is 0 Å². The molecule has 0 aromatic carbocycles. The Kier molecular flexibility index (Phi) is 9.20. The first kappa shape index (κ1) is 19.1. The summed E-state index contributed by atoms with van der Waals surface area (Å²) < 4.78 is 0. The summed E-state index contributed by atoms with van der Waals surface area (Å²) >= 11 is 0. The highest BCUT2D eigenvalue weighted by molar-refractivity contribution is 7.27. The lowest BCUT2D eigenvalue weighted by atomic mass is 10.1. The van der Waals surface area contributed by atoms with Crippen LogP contribution in [0.2, 0.25) is 18.1 Å². The molecule has 0 aliphatic carbocycles. The van der Waals surface area contributed by atoms with Crippen LogP contribution in [0.3, 0.4) is 0 Å². The zero-order valence-electron chi connectivity index (χ0n) is 14.7. The minimum Gasteiger partial charge on any atom is -0.308 e. The smallest absolute Gasteiger partial charge is 0.0444 e. The summed E-state index contributed by atoms with van der Waals surface area (Å²) in [5.74, 6) is 0. The molecule has 0 fully saturated rings. The molecule has 2 atom stereocenters. The van der Waals surface area contributed by atoms with Crippen molar-refractivity contribution < 1.29 is 0 Å². The second kappa shape index (κ2) is 9.14. The maximum Gasteiger partial charge on any atom is 0.0444 e. The van der Waals surface area contributed by atoms with Crippen molar-refractivity contribution >= 4 is 16.6 Å². The molecule has 0 radical (unpaired) electrons. The first-order valence-electron chi connectivity index (χ1n) is 8.28. The van der Waals surface area contributed by atoms with Gasteiger partial charge in [-0.25, -0.2) is 0 Å². The standard InChI is InChI=1S/C16H37NSi2/c1-9-13(5)17-15(7)14(6)16(8)18-19(10-2,11-3)12-4/h13,15,17H,9-12,18H2,1-8H3. The minimum absolute atomic E-state index is 0.00914. The Hall–Kier alpha value is 0.134. The van der Waals surface area contributed by atoms with Crippen LogP contribution in [0.1, 0.15) is 61.8 Å². The number of hydrogen-bond donors (Lipinski definition) is 1. The number of hydrogen-bond acceptors (Lipinski definition) is 1. The molecule has 1 nitrogen and oxygen atoms in total. The van der Waals surface area contributed by atoms with Crippen molar-refractivity contribution in [2.24, 2.45) is 0 Å². The Morgan fingerprint density at radius 2 is 1.47 bits per heavy atom. The van der Waals surface area contributed by atoms with E-state index in [0.717, 1.165) is 0 Å². The van der Waals surface area contributed by atoms with Gasteiger partial charge in [0.05, 0.1) is 0 Å². The molecule has 0 spiro atoms. The molecule has 0 aliphatic rings. The summed E-state index contributed by atoms with van der Waals surface area (Å²) in [5, 5.41) is 5.52. The van der Waals surface area contributed by atoms with E-state index in [-0.39, 0.29) is 9.04 Å². The zero-order chi connectivity index (χ0) is 15.1. The van der Waals surface area contributed by atoms with Crippen LogP contribution in [0, 0.1) is 0 Å². The van der Waals surface area contributed by atoms with E-state index in [1.165, 1.54) is 24.6 Å². The van der Waals surface area contributed by atoms with Crippen molar-refractivity contribution in [3.8, 4) is 0 Å². The van der Waals surface area contributed by atoms with Gasteiger partial charge in [0.2, 0.25) is 0 Å². The Bertz CT molecular complexity index is 274. The SMILES string of the molecule is CCC(C)NC(C)C(C)=C(C)[SiH2][Si](CC)(CC)CC. The van der Waals surface area contributed by atoms with Crippen LogP contribution in [0.15, 0.2) is 10.8 Å². The molecule has 0 heterocycles. The van der Waals surface area contributed by atoms with Crippen molar-refractivity contribution in [3.05, 3.63) is 10.8 Å². The molecule has 0 aromatic rings. The van der Waals surface area contributed by atoms with Gasteiger partial charge < -0.3 is 5.32 Å². The second-order valence-corrected chi connectivity index (χ2v) is 18.5. The maximum atomic E-state index is 3.73. The molecule has 0 bridgehead atoms. The van der Waals surface area contributed by atoms with E-state index in [4.69, 9.17) is 0 Å². The van der Waals surface area contributed by atoms with E-state index in [0.29, 0.717) is 12.1 Å². The van der Waals surface area contributed by atoms with Crippen LogP contribution in [0.25, 0.3) is 0 Å². The second-order valence-electron chi connectivity index (χ2n) is 6.40. The average Bonchev–Trinajstić information content (AvgIpc) is 2.43. The lowest BCUT2D eigenvalue weighted by Gasteiger charge is -2.30. The highest BCUT2D eigenvalue weighted by Gasteiger charge is 2.28. The summed E-state index contributed by atoms with van der Waals surface area (Å²) in [7, 11) is -0.893. The third-order valence-electron chi connectivity index (χ3n) is 5.36. The van der Waals surface area contributed by atoms with E-state index in [1.807, 2.05) is 0 Å². The molecule has 0 saturated heterocycles. The van der Waals surface area contributed by atoms with E-state index < -0.39 is 7.59 Å². The quantitative estimate of drug-likeness (QED) is 0.628. The number of allylic oxidation sites excluding steroid dienone is 1. The zero-order valence-corrected chi connectivity index (χ0v) is 17.1. The summed E-state index contributed by atoms with van der Waals surface area (Å²) in [6.45, 7) is 19.0. The molecular formula is C16H37NSi2. The third-order valence-corrected chi connectivity index (χ3v) is 20.0. The van der Waals surface area contributed by atoms with Crippen molar-refractivity contribution in [1.82, 2.24) is 5.32 Å². The molecule has 2 unspecified atom stereocenters. The Labute approximate surface area is 125 Å². The van der Waals surface area contributed by atoms with E-state index >= 15 is 0 Å². The molecule has 19 heavy (non-hydrogen) atoms. The highest BCUT2D eigenvalue weighted by atomic mass is 29.2. The van der Waals surface area contributed by atoms with Gasteiger partial charge in [-0.15, -0.1) is 0 Å². The van der Waals surface area contributed by atoms with Crippen molar-refractivity contribution in [3.63, 3.8) is 0 Å². The molecule has 3 heteroatoms. The Morgan fingerprint density at radius 1 is 1.00 bits per heavy atom. The van der Waals surface area contributed by atoms with E-state index in [9.17, 15) is 0 Å². The maximum absolute atomic E-state index is 3.73. The fourth-order valence-corrected chi connectivity index (χ4v) is 13.3. The van der Waals surface area contributed by atoms with Gasteiger partial charge in [-0.05, 0) is 34.1 Å². The van der Waals surface area contributed by atoms with Crippen LogP contribution in [0.5, 0.6) is 0 Å². The normalized spacial score (nSPS) is 17.7. The van der Waals surface area contributed by atoms with Gasteiger partial charge in [-0.2, -0.15) is 0 Å². The molecule has 0 aliphatic heterocycles. The molecule has 114 valence electrons.